The molecule has 0 N–H and O–H groups in total. The number of nitrogens with zero attached hydrogens (tertiary/aromatic N) is 2. The summed E-state index contributed by atoms with van der Waals surface area (Å²) in [5.74, 6) is 0.250. The molecule has 2 atom stereocenters. The highest BCUT2D eigenvalue weighted by Gasteiger charge is 2.25. The summed E-state index contributed by atoms with van der Waals surface area (Å²) >= 11 is 0. The molecule has 7 heteroatoms. The van der Waals surface area contributed by atoms with Crippen molar-refractivity contribution in [2.75, 3.05) is 13.7 Å². The first-order chi connectivity index (χ1) is 13.3. The number of imidazole rings is 1. The van der Waals surface area contributed by atoms with Gasteiger partial charge in [-0.2, -0.15) is 0 Å². The minimum Gasteiger partial charge on any atom is -0.464 e. The van der Waals surface area contributed by atoms with E-state index in [0.29, 0.717) is 12.1 Å². The van der Waals surface area contributed by atoms with Crippen LogP contribution in [0.1, 0.15) is 68.0 Å². The zero-order valence-electron chi connectivity index (χ0n) is 17.0. The minimum atomic E-state index is -0.682. The summed E-state index contributed by atoms with van der Waals surface area (Å²) in [5, 5.41) is 0. The van der Waals surface area contributed by atoms with Gasteiger partial charge in [0.25, 0.3) is 0 Å². The molecule has 7 nitrogen and oxygen atoms in total. The third-order valence-electron chi connectivity index (χ3n) is 4.43. The molecule has 0 bridgehead atoms. The molecule has 1 aromatic carbocycles. The number of hydrogen-bond acceptors (Lipinski definition) is 6. The predicted molar refractivity (Wildman–Crippen MR) is 104 cm³/mol. The van der Waals surface area contributed by atoms with Crippen molar-refractivity contribution >= 4 is 12.1 Å². The number of ether oxygens (including phenoxy) is 3. The lowest BCUT2D eigenvalue weighted by Gasteiger charge is -2.22. The molecule has 0 aliphatic rings. The summed E-state index contributed by atoms with van der Waals surface area (Å²) in [7, 11) is 1.35. The van der Waals surface area contributed by atoms with Crippen LogP contribution in [-0.4, -0.2) is 41.5 Å². The summed E-state index contributed by atoms with van der Waals surface area (Å²) < 4.78 is 16.9. The van der Waals surface area contributed by atoms with E-state index in [2.05, 4.69) is 4.98 Å². The van der Waals surface area contributed by atoms with Gasteiger partial charge < -0.3 is 18.8 Å². The first-order valence-electron chi connectivity index (χ1n) is 9.38. The van der Waals surface area contributed by atoms with Gasteiger partial charge in [-0.1, -0.05) is 37.3 Å². The molecule has 0 saturated carbocycles. The summed E-state index contributed by atoms with van der Waals surface area (Å²) in [6.45, 7) is 7.72. The van der Waals surface area contributed by atoms with Crippen LogP contribution in [0.2, 0.25) is 0 Å². The average molecular weight is 388 g/mol. The predicted octanol–water partition coefficient (Wildman–Crippen LogP) is 4.33. The van der Waals surface area contributed by atoms with Gasteiger partial charge in [-0.15, -0.1) is 0 Å². The quantitative estimate of drug-likeness (QED) is 0.626. The fraction of sp³-hybridized carbons (Fsp3) is 0.476. The Morgan fingerprint density at radius 1 is 1.11 bits per heavy atom. The second kappa shape index (κ2) is 9.92. The van der Waals surface area contributed by atoms with Crippen LogP contribution in [0.3, 0.4) is 0 Å². The minimum absolute atomic E-state index is 0.0450. The van der Waals surface area contributed by atoms with Crippen LogP contribution in [-0.2, 0) is 14.2 Å². The normalized spacial score (nSPS) is 13.1. The van der Waals surface area contributed by atoms with Crippen molar-refractivity contribution in [3.8, 4) is 0 Å². The molecule has 2 aromatic rings. The maximum absolute atomic E-state index is 12.2. The number of rotatable bonds is 8. The molecule has 152 valence electrons. The maximum atomic E-state index is 12.2. The van der Waals surface area contributed by atoms with Crippen molar-refractivity contribution in [3.63, 3.8) is 0 Å². The van der Waals surface area contributed by atoms with E-state index in [1.54, 1.807) is 13.8 Å². The standard InChI is InChI=1S/C21H28N2O5/c1-14(2)28-21(25)27-12-11-15(3)19-22-13-18(20(24)26-5)23(19)16(4)17-9-7-6-8-10-17/h6-10,13-16H,11-12H2,1-5H3/t15?,16-/m1/s1. The second-order valence-corrected chi connectivity index (χ2v) is 6.90. The number of methoxy groups -OCH3 is 1. The SMILES string of the molecule is COC(=O)c1cnc(C(C)CCOC(=O)OC(C)C)n1[C@H](C)c1ccccc1. The Morgan fingerprint density at radius 2 is 1.79 bits per heavy atom. The van der Waals surface area contributed by atoms with Gasteiger partial charge in [0.15, 0.2) is 0 Å². The summed E-state index contributed by atoms with van der Waals surface area (Å²) in [5.41, 5.74) is 1.44. The summed E-state index contributed by atoms with van der Waals surface area (Å²) in [6, 6.07) is 9.76. The van der Waals surface area contributed by atoms with Gasteiger partial charge >= 0.3 is 12.1 Å². The second-order valence-electron chi connectivity index (χ2n) is 6.90. The number of carbonyl (C=O) groups is 2. The maximum Gasteiger partial charge on any atom is 0.508 e. The smallest absolute Gasteiger partial charge is 0.464 e. The van der Waals surface area contributed by atoms with Crippen LogP contribution in [0.15, 0.2) is 36.5 Å². The molecular formula is C21H28N2O5. The van der Waals surface area contributed by atoms with Crippen molar-refractivity contribution in [2.24, 2.45) is 0 Å². The molecule has 2 rings (SSSR count). The molecule has 0 saturated heterocycles. The van der Waals surface area contributed by atoms with Gasteiger partial charge in [0.2, 0.25) is 0 Å². The molecule has 28 heavy (non-hydrogen) atoms. The Labute approximate surface area is 165 Å². The lowest BCUT2D eigenvalue weighted by molar-refractivity contribution is 0.0330. The Morgan fingerprint density at radius 3 is 2.39 bits per heavy atom. The molecule has 0 fully saturated rings. The largest absolute Gasteiger partial charge is 0.508 e. The first kappa shape index (κ1) is 21.5. The Bertz CT molecular complexity index is 785. The van der Waals surface area contributed by atoms with Gasteiger partial charge in [-0.3, -0.25) is 0 Å². The van der Waals surface area contributed by atoms with Crippen LogP contribution < -0.4 is 0 Å². The van der Waals surface area contributed by atoms with Crippen molar-refractivity contribution in [3.05, 3.63) is 53.6 Å². The van der Waals surface area contributed by atoms with E-state index in [9.17, 15) is 9.59 Å². The molecule has 0 spiro atoms. The topological polar surface area (TPSA) is 79.7 Å². The van der Waals surface area contributed by atoms with Crippen LogP contribution in [0.5, 0.6) is 0 Å². The molecule has 1 unspecified atom stereocenters. The van der Waals surface area contributed by atoms with E-state index in [1.807, 2.05) is 48.7 Å². The molecular weight excluding hydrogens is 360 g/mol. The molecule has 1 aromatic heterocycles. The third kappa shape index (κ3) is 5.34. The van der Waals surface area contributed by atoms with Crippen molar-refractivity contribution in [2.45, 2.75) is 52.2 Å². The third-order valence-corrected chi connectivity index (χ3v) is 4.43. The van der Waals surface area contributed by atoms with Crippen LogP contribution in [0, 0.1) is 0 Å². The van der Waals surface area contributed by atoms with Gasteiger partial charge in [-0.05, 0) is 32.8 Å². The Kier molecular flexibility index (Phi) is 7.61. The zero-order chi connectivity index (χ0) is 20.7. The Balaban J connectivity index is 2.20. The Hall–Kier alpha value is -2.83. The number of aromatic nitrogens is 2. The average Bonchev–Trinajstić information content (AvgIpc) is 3.12. The molecule has 0 aliphatic carbocycles. The highest BCUT2D eigenvalue weighted by molar-refractivity contribution is 5.87. The van der Waals surface area contributed by atoms with Gasteiger partial charge in [-0.25, -0.2) is 14.6 Å². The first-order valence-corrected chi connectivity index (χ1v) is 9.38. The van der Waals surface area contributed by atoms with Gasteiger partial charge in [0.05, 0.1) is 32.1 Å². The van der Waals surface area contributed by atoms with Gasteiger partial charge in [0, 0.05) is 5.92 Å². The number of carbonyl (C=O) groups excluding carboxylic acids is 2. The molecule has 0 amide bonds. The monoisotopic (exact) mass is 388 g/mol. The zero-order valence-corrected chi connectivity index (χ0v) is 17.0. The van der Waals surface area contributed by atoms with Crippen LogP contribution >= 0.6 is 0 Å². The van der Waals surface area contributed by atoms with Crippen LogP contribution in [0.25, 0.3) is 0 Å². The van der Waals surface area contributed by atoms with Crippen LogP contribution in [0.4, 0.5) is 4.79 Å². The molecule has 0 radical (unpaired) electrons. The number of benzene rings is 1. The van der Waals surface area contributed by atoms with E-state index in [4.69, 9.17) is 14.2 Å². The van der Waals surface area contributed by atoms with Crippen molar-refractivity contribution < 1.29 is 23.8 Å². The van der Waals surface area contributed by atoms with E-state index in [1.165, 1.54) is 13.3 Å². The highest BCUT2D eigenvalue weighted by Crippen LogP contribution is 2.27. The van der Waals surface area contributed by atoms with E-state index < -0.39 is 12.1 Å². The fourth-order valence-electron chi connectivity index (χ4n) is 2.96. The van der Waals surface area contributed by atoms with Crippen molar-refractivity contribution in [1.29, 1.82) is 0 Å². The highest BCUT2D eigenvalue weighted by atomic mass is 16.7. The van der Waals surface area contributed by atoms with Crippen molar-refractivity contribution in [1.82, 2.24) is 9.55 Å². The summed E-state index contributed by atoms with van der Waals surface area (Å²) in [4.78, 5) is 28.2. The van der Waals surface area contributed by atoms with E-state index in [0.717, 1.165) is 11.4 Å². The molecule has 1 heterocycles. The summed E-state index contributed by atoms with van der Waals surface area (Å²) in [6.07, 6.45) is 1.17. The lowest BCUT2D eigenvalue weighted by atomic mass is 10.0. The number of esters is 1. The van der Waals surface area contributed by atoms with E-state index in [-0.39, 0.29) is 24.7 Å². The number of hydrogen-bond donors (Lipinski definition) is 0. The van der Waals surface area contributed by atoms with Gasteiger partial charge in [0.1, 0.15) is 11.5 Å². The fourth-order valence-corrected chi connectivity index (χ4v) is 2.96. The lowest BCUT2D eigenvalue weighted by Crippen LogP contribution is -2.20. The van der Waals surface area contributed by atoms with E-state index >= 15 is 0 Å². The molecule has 0 aliphatic heterocycles.